The fraction of sp³-hybridized carbons (Fsp3) is 0.600. The number of ether oxygens (including phenoxy) is 2. The van der Waals surface area contributed by atoms with Crippen molar-refractivity contribution in [3.8, 4) is 5.75 Å². The molecule has 1 saturated heterocycles. The van der Waals surface area contributed by atoms with Crippen LogP contribution >= 0.6 is 0 Å². The summed E-state index contributed by atoms with van der Waals surface area (Å²) in [5.74, 6) is 0.959. The van der Waals surface area contributed by atoms with E-state index in [4.69, 9.17) is 9.47 Å². The Morgan fingerprint density at radius 2 is 2.17 bits per heavy atom. The highest BCUT2D eigenvalue weighted by Crippen LogP contribution is 2.30. The highest BCUT2D eigenvalue weighted by molar-refractivity contribution is 5.57. The average molecular weight is 249 g/mol. The van der Waals surface area contributed by atoms with Crippen LogP contribution in [0, 0.1) is 12.3 Å². The molecule has 0 bridgehead atoms. The highest BCUT2D eigenvalue weighted by atomic mass is 16.5. The molecule has 1 heterocycles. The zero-order valence-corrected chi connectivity index (χ0v) is 11.6. The maximum atomic E-state index is 5.79. The Balaban J connectivity index is 2.01. The summed E-state index contributed by atoms with van der Waals surface area (Å²) in [4.78, 5) is 0. The van der Waals surface area contributed by atoms with Crippen molar-refractivity contribution in [2.75, 3.05) is 31.7 Å². The van der Waals surface area contributed by atoms with Gasteiger partial charge in [-0.05, 0) is 31.0 Å². The minimum Gasteiger partial charge on any atom is -0.491 e. The molecule has 1 N–H and O–H groups in total. The SMILES string of the molecule is CCCOc1cc(C)ccc1NCC1(C)COC1. The van der Waals surface area contributed by atoms with Crippen LogP contribution < -0.4 is 10.1 Å². The highest BCUT2D eigenvalue weighted by Gasteiger charge is 2.33. The Bertz CT molecular complexity index is 399. The zero-order valence-electron chi connectivity index (χ0n) is 11.6. The lowest BCUT2D eigenvalue weighted by Crippen LogP contribution is -2.45. The normalized spacial score (nSPS) is 17.1. The molecule has 100 valence electrons. The summed E-state index contributed by atoms with van der Waals surface area (Å²) in [5, 5.41) is 3.49. The van der Waals surface area contributed by atoms with Gasteiger partial charge in [-0.1, -0.05) is 19.9 Å². The van der Waals surface area contributed by atoms with E-state index in [1.165, 1.54) is 5.56 Å². The first-order valence-electron chi connectivity index (χ1n) is 6.68. The zero-order chi connectivity index (χ0) is 13.0. The molecule has 1 aromatic carbocycles. The van der Waals surface area contributed by atoms with Crippen LogP contribution in [0.3, 0.4) is 0 Å². The van der Waals surface area contributed by atoms with E-state index in [-0.39, 0.29) is 5.41 Å². The summed E-state index contributed by atoms with van der Waals surface area (Å²) in [6.45, 7) is 9.83. The first kappa shape index (κ1) is 13.2. The van der Waals surface area contributed by atoms with Gasteiger partial charge in [-0.3, -0.25) is 0 Å². The van der Waals surface area contributed by atoms with Crippen LogP contribution in [0.15, 0.2) is 18.2 Å². The van der Waals surface area contributed by atoms with Crippen LogP contribution in [0.25, 0.3) is 0 Å². The molecule has 3 nitrogen and oxygen atoms in total. The van der Waals surface area contributed by atoms with E-state index in [0.717, 1.165) is 44.2 Å². The number of anilines is 1. The van der Waals surface area contributed by atoms with Gasteiger partial charge in [-0.15, -0.1) is 0 Å². The number of benzene rings is 1. The maximum absolute atomic E-state index is 5.79. The molecule has 0 unspecified atom stereocenters. The lowest BCUT2D eigenvalue weighted by atomic mass is 9.88. The quantitative estimate of drug-likeness (QED) is 0.839. The van der Waals surface area contributed by atoms with Gasteiger partial charge in [-0.25, -0.2) is 0 Å². The van der Waals surface area contributed by atoms with Gasteiger partial charge in [0.2, 0.25) is 0 Å². The summed E-state index contributed by atoms with van der Waals surface area (Å²) < 4.78 is 11.1. The molecule has 0 aliphatic carbocycles. The lowest BCUT2D eigenvalue weighted by molar-refractivity contribution is -0.0924. The first-order chi connectivity index (χ1) is 8.63. The molecule has 0 spiro atoms. The van der Waals surface area contributed by atoms with Crippen molar-refractivity contribution in [1.82, 2.24) is 0 Å². The average Bonchev–Trinajstić information content (AvgIpc) is 2.33. The van der Waals surface area contributed by atoms with E-state index in [2.05, 4.69) is 44.3 Å². The minimum absolute atomic E-state index is 0.271. The second kappa shape index (κ2) is 5.61. The molecule has 0 aromatic heterocycles. The van der Waals surface area contributed by atoms with Crippen molar-refractivity contribution in [3.05, 3.63) is 23.8 Å². The van der Waals surface area contributed by atoms with Crippen LogP contribution in [0.2, 0.25) is 0 Å². The third-order valence-electron chi connectivity index (χ3n) is 3.21. The molecule has 1 fully saturated rings. The van der Waals surface area contributed by atoms with Crippen molar-refractivity contribution in [1.29, 1.82) is 0 Å². The van der Waals surface area contributed by atoms with E-state index in [9.17, 15) is 0 Å². The molecule has 0 atom stereocenters. The summed E-state index contributed by atoms with van der Waals surface area (Å²) in [6.07, 6.45) is 1.03. The van der Waals surface area contributed by atoms with E-state index in [1.807, 2.05) is 0 Å². The third kappa shape index (κ3) is 3.16. The summed E-state index contributed by atoms with van der Waals surface area (Å²) in [7, 11) is 0. The van der Waals surface area contributed by atoms with Gasteiger partial charge in [0, 0.05) is 12.0 Å². The summed E-state index contributed by atoms with van der Waals surface area (Å²) >= 11 is 0. The molecular weight excluding hydrogens is 226 g/mol. The number of nitrogens with one attached hydrogen (secondary N) is 1. The molecule has 3 heteroatoms. The van der Waals surface area contributed by atoms with Crippen molar-refractivity contribution in [3.63, 3.8) is 0 Å². The molecule has 1 aromatic rings. The Kier molecular flexibility index (Phi) is 4.12. The van der Waals surface area contributed by atoms with Crippen LogP contribution in [-0.2, 0) is 4.74 Å². The van der Waals surface area contributed by atoms with Gasteiger partial charge in [0.1, 0.15) is 5.75 Å². The van der Waals surface area contributed by atoms with Gasteiger partial charge < -0.3 is 14.8 Å². The lowest BCUT2D eigenvalue weighted by Gasteiger charge is -2.38. The van der Waals surface area contributed by atoms with Crippen molar-refractivity contribution < 1.29 is 9.47 Å². The Hall–Kier alpha value is -1.22. The molecule has 18 heavy (non-hydrogen) atoms. The van der Waals surface area contributed by atoms with E-state index in [1.54, 1.807) is 0 Å². The summed E-state index contributed by atoms with van der Waals surface area (Å²) in [5.41, 5.74) is 2.58. The second-order valence-corrected chi connectivity index (χ2v) is 5.51. The van der Waals surface area contributed by atoms with E-state index < -0.39 is 0 Å². The van der Waals surface area contributed by atoms with Gasteiger partial charge in [0.05, 0.1) is 25.5 Å². The number of hydrogen-bond donors (Lipinski definition) is 1. The van der Waals surface area contributed by atoms with Crippen LogP contribution in [0.5, 0.6) is 5.75 Å². The molecule has 1 aliphatic rings. The summed E-state index contributed by atoms with van der Waals surface area (Å²) in [6, 6.07) is 6.31. The molecule has 0 radical (unpaired) electrons. The fourth-order valence-electron chi connectivity index (χ4n) is 1.97. The number of rotatable bonds is 6. The van der Waals surface area contributed by atoms with Crippen molar-refractivity contribution >= 4 is 5.69 Å². The number of hydrogen-bond acceptors (Lipinski definition) is 3. The largest absolute Gasteiger partial charge is 0.491 e. The standard InChI is InChI=1S/C15H23NO2/c1-4-7-18-14-8-12(2)5-6-13(14)16-9-15(3)10-17-11-15/h5-6,8,16H,4,7,9-11H2,1-3H3. The van der Waals surface area contributed by atoms with Gasteiger partial charge in [0.15, 0.2) is 0 Å². The molecular formula is C15H23NO2. The topological polar surface area (TPSA) is 30.5 Å². The van der Waals surface area contributed by atoms with Crippen molar-refractivity contribution in [2.24, 2.45) is 5.41 Å². The number of aryl methyl sites for hydroxylation is 1. The minimum atomic E-state index is 0.271. The van der Waals surface area contributed by atoms with E-state index >= 15 is 0 Å². The van der Waals surface area contributed by atoms with Gasteiger partial charge in [0.25, 0.3) is 0 Å². The Morgan fingerprint density at radius 3 is 2.78 bits per heavy atom. The monoisotopic (exact) mass is 249 g/mol. The smallest absolute Gasteiger partial charge is 0.142 e. The first-order valence-corrected chi connectivity index (χ1v) is 6.68. The Morgan fingerprint density at radius 1 is 1.39 bits per heavy atom. The fourth-order valence-corrected chi connectivity index (χ4v) is 1.97. The Labute approximate surface area is 109 Å². The van der Waals surface area contributed by atoms with Crippen molar-refractivity contribution in [2.45, 2.75) is 27.2 Å². The maximum Gasteiger partial charge on any atom is 0.142 e. The predicted molar refractivity (Wildman–Crippen MR) is 74.4 cm³/mol. The van der Waals surface area contributed by atoms with Gasteiger partial charge in [-0.2, -0.15) is 0 Å². The van der Waals surface area contributed by atoms with E-state index in [0.29, 0.717) is 0 Å². The molecule has 0 amide bonds. The molecule has 2 rings (SSSR count). The molecule has 0 saturated carbocycles. The second-order valence-electron chi connectivity index (χ2n) is 5.51. The predicted octanol–water partition coefficient (Wildman–Crippen LogP) is 3.23. The van der Waals surface area contributed by atoms with Crippen LogP contribution in [-0.4, -0.2) is 26.4 Å². The van der Waals surface area contributed by atoms with Crippen LogP contribution in [0.4, 0.5) is 5.69 Å². The molecule has 1 aliphatic heterocycles. The van der Waals surface area contributed by atoms with Crippen LogP contribution in [0.1, 0.15) is 25.8 Å². The third-order valence-corrected chi connectivity index (χ3v) is 3.21. The van der Waals surface area contributed by atoms with Gasteiger partial charge >= 0.3 is 0 Å².